The molecule has 4 heteroatoms. The smallest absolute Gasteiger partial charge is 0.165 e. The van der Waals surface area contributed by atoms with E-state index in [1.807, 2.05) is 6.08 Å². The van der Waals surface area contributed by atoms with E-state index >= 15 is 0 Å². The van der Waals surface area contributed by atoms with Gasteiger partial charge in [-0.3, -0.25) is 4.79 Å². The van der Waals surface area contributed by atoms with Gasteiger partial charge in [-0.2, -0.15) is 0 Å². The Morgan fingerprint density at radius 1 is 1.25 bits per heavy atom. The largest absolute Gasteiger partial charge is 0.393 e. The zero-order chi connectivity index (χ0) is 14.3. The summed E-state index contributed by atoms with van der Waals surface area (Å²) in [4.78, 5) is 11.6. The van der Waals surface area contributed by atoms with Crippen LogP contribution in [-0.4, -0.2) is 38.9 Å². The number of ketones is 1. The van der Waals surface area contributed by atoms with Crippen LogP contribution in [0.25, 0.3) is 0 Å². The molecule has 4 nitrogen and oxygen atoms in total. The van der Waals surface area contributed by atoms with E-state index in [1.165, 1.54) is 12.8 Å². The standard InChI is InChI=1S/C16H24O4/c17-13(10-3-1-2-4-10)6-5-11-12-9-15(19)16(12,20)8-7-14(11)18/h5-6,10-14,17-18,20H,1-4,7-9H2/b6-5+/t11-,12-,13+,14-,16-/m0/s1. The summed E-state index contributed by atoms with van der Waals surface area (Å²) in [6, 6.07) is 0. The Morgan fingerprint density at radius 2 is 1.95 bits per heavy atom. The highest BCUT2D eigenvalue weighted by molar-refractivity contribution is 5.94. The van der Waals surface area contributed by atoms with Crippen LogP contribution >= 0.6 is 0 Å². The Hall–Kier alpha value is -0.710. The molecule has 0 saturated heterocycles. The highest BCUT2D eigenvalue weighted by atomic mass is 16.3. The molecule has 3 rings (SSSR count). The maximum absolute atomic E-state index is 11.6. The number of aliphatic hydroxyl groups is 3. The van der Waals surface area contributed by atoms with Crippen molar-refractivity contribution in [2.75, 3.05) is 0 Å². The summed E-state index contributed by atoms with van der Waals surface area (Å²) in [6.07, 6.45) is 8.29. The van der Waals surface area contributed by atoms with E-state index in [1.54, 1.807) is 6.08 Å². The summed E-state index contributed by atoms with van der Waals surface area (Å²) in [6.45, 7) is 0. The van der Waals surface area contributed by atoms with Gasteiger partial charge in [-0.05, 0) is 31.6 Å². The molecule has 3 aliphatic rings. The van der Waals surface area contributed by atoms with E-state index in [0.717, 1.165) is 12.8 Å². The van der Waals surface area contributed by atoms with Crippen molar-refractivity contribution in [3.63, 3.8) is 0 Å². The zero-order valence-corrected chi connectivity index (χ0v) is 11.7. The summed E-state index contributed by atoms with van der Waals surface area (Å²) in [5.41, 5.74) is -1.22. The Labute approximate surface area is 119 Å². The Kier molecular flexibility index (Phi) is 3.73. The number of aliphatic hydroxyl groups excluding tert-OH is 2. The molecule has 0 radical (unpaired) electrons. The van der Waals surface area contributed by atoms with Crippen LogP contribution in [0.2, 0.25) is 0 Å². The van der Waals surface area contributed by atoms with Gasteiger partial charge in [0, 0.05) is 18.3 Å². The van der Waals surface area contributed by atoms with Gasteiger partial charge in [-0.1, -0.05) is 25.0 Å². The maximum Gasteiger partial charge on any atom is 0.165 e. The first kappa shape index (κ1) is 14.2. The van der Waals surface area contributed by atoms with Crippen molar-refractivity contribution in [2.24, 2.45) is 17.8 Å². The van der Waals surface area contributed by atoms with Crippen molar-refractivity contribution in [1.82, 2.24) is 0 Å². The number of Topliss-reactive ketones (excluding diaryl/α,β-unsaturated/α-hetero) is 1. The Morgan fingerprint density at radius 3 is 2.60 bits per heavy atom. The maximum atomic E-state index is 11.6. The van der Waals surface area contributed by atoms with Crippen molar-refractivity contribution >= 4 is 5.78 Å². The third-order valence-electron chi connectivity index (χ3n) is 5.65. The quantitative estimate of drug-likeness (QED) is 0.679. The summed E-state index contributed by atoms with van der Waals surface area (Å²) in [5, 5.41) is 30.6. The molecule has 0 aromatic carbocycles. The molecule has 3 aliphatic carbocycles. The fraction of sp³-hybridized carbons (Fsp3) is 0.812. The van der Waals surface area contributed by atoms with E-state index in [-0.39, 0.29) is 17.6 Å². The molecule has 0 heterocycles. The first-order chi connectivity index (χ1) is 9.52. The third-order valence-corrected chi connectivity index (χ3v) is 5.65. The van der Waals surface area contributed by atoms with E-state index in [4.69, 9.17) is 0 Å². The van der Waals surface area contributed by atoms with Crippen LogP contribution in [0.3, 0.4) is 0 Å². The van der Waals surface area contributed by atoms with E-state index < -0.39 is 17.8 Å². The number of fused-ring (bicyclic) bond motifs is 1. The Bertz CT molecular complexity index is 413. The lowest BCUT2D eigenvalue weighted by Gasteiger charge is -2.52. The van der Waals surface area contributed by atoms with Crippen LogP contribution in [0.4, 0.5) is 0 Å². The second kappa shape index (κ2) is 5.24. The first-order valence-corrected chi connectivity index (χ1v) is 7.82. The molecule has 3 N–H and O–H groups in total. The van der Waals surface area contributed by atoms with E-state index in [2.05, 4.69) is 0 Å². The normalized spacial score (nSPS) is 43.5. The van der Waals surface area contributed by atoms with E-state index in [0.29, 0.717) is 25.2 Å². The average molecular weight is 280 g/mol. The number of hydrogen-bond donors (Lipinski definition) is 3. The van der Waals surface area contributed by atoms with Gasteiger partial charge in [-0.25, -0.2) is 0 Å². The number of rotatable bonds is 3. The summed E-state index contributed by atoms with van der Waals surface area (Å²) >= 11 is 0. The van der Waals surface area contributed by atoms with Gasteiger partial charge in [0.1, 0.15) is 5.60 Å². The van der Waals surface area contributed by atoms with Gasteiger partial charge in [0.05, 0.1) is 12.2 Å². The first-order valence-electron chi connectivity index (χ1n) is 7.82. The van der Waals surface area contributed by atoms with Crippen LogP contribution < -0.4 is 0 Å². The Balaban J connectivity index is 1.67. The monoisotopic (exact) mass is 280 g/mol. The molecule has 3 fully saturated rings. The molecule has 0 unspecified atom stereocenters. The van der Waals surface area contributed by atoms with Crippen LogP contribution in [0, 0.1) is 17.8 Å². The average Bonchev–Trinajstić information content (AvgIpc) is 2.96. The molecule has 0 spiro atoms. The lowest BCUT2D eigenvalue weighted by atomic mass is 9.55. The second-order valence-electron chi connectivity index (χ2n) is 6.76. The summed E-state index contributed by atoms with van der Waals surface area (Å²) in [5.74, 6) is -0.147. The molecule has 20 heavy (non-hydrogen) atoms. The van der Waals surface area contributed by atoms with Crippen LogP contribution in [-0.2, 0) is 4.79 Å². The predicted molar refractivity (Wildman–Crippen MR) is 73.9 cm³/mol. The van der Waals surface area contributed by atoms with Crippen LogP contribution in [0.5, 0.6) is 0 Å². The van der Waals surface area contributed by atoms with Gasteiger partial charge in [0.2, 0.25) is 0 Å². The fourth-order valence-corrected chi connectivity index (χ4v) is 4.19. The van der Waals surface area contributed by atoms with Gasteiger partial charge < -0.3 is 15.3 Å². The van der Waals surface area contributed by atoms with Crippen molar-refractivity contribution in [3.05, 3.63) is 12.2 Å². The number of hydrogen-bond acceptors (Lipinski definition) is 4. The van der Waals surface area contributed by atoms with Crippen molar-refractivity contribution in [1.29, 1.82) is 0 Å². The number of carbonyl (C=O) groups is 1. The van der Waals surface area contributed by atoms with Crippen LogP contribution in [0.1, 0.15) is 44.9 Å². The summed E-state index contributed by atoms with van der Waals surface area (Å²) in [7, 11) is 0. The van der Waals surface area contributed by atoms with Gasteiger partial charge in [0.15, 0.2) is 5.78 Å². The minimum Gasteiger partial charge on any atom is -0.393 e. The SMILES string of the molecule is O=C1C[C@H]2[C@H](/C=C/[C@@H](O)C3CCCC3)[C@@H](O)CC[C@@]12O. The lowest BCUT2D eigenvalue weighted by molar-refractivity contribution is -0.182. The zero-order valence-electron chi connectivity index (χ0n) is 11.7. The minimum atomic E-state index is -1.22. The van der Waals surface area contributed by atoms with Crippen LogP contribution in [0.15, 0.2) is 12.2 Å². The topological polar surface area (TPSA) is 77.8 Å². The molecule has 0 aromatic rings. The molecule has 112 valence electrons. The minimum absolute atomic E-state index is 0.0934. The van der Waals surface area contributed by atoms with Crippen molar-refractivity contribution in [3.8, 4) is 0 Å². The van der Waals surface area contributed by atoms with Gasteiger partial charge in [0.25, 0.3) is 0 Å². The van der Waals surface area contributed by atoms with Crippen molar-refractivity contribution in [2.45, 2.75) is 62.8 Å². The van der Waals surface area contributed by atoms with Crippen molar-refractivity contribution < 1.29 is 20.1 Å². The predicted octanol–water partition coefficient (Wildman–Crippen LogP) is 1.18. The molecular weight excluding hydrogens is 256 g/mol. The molecule has 3 saturated carbocycles. The highest BCUT2D eigenvalue weighted by Crippen LogP contribution is 2.49. The molecule has 0 amide bonds. The molecular formula is C16H24O4. The molecule has 5 atom stereocenters. The van der Waals surface area contributed by atoms with Gasteiger partial charge in [-0.15, -0.1) is 0 Å². The van der Waals surface area contributed by atoms with Gasteiger partial charge >= 0.3 is 0 Å². The highest BCUT2D eigenvalue weighted by Gasteiger charge is 2.59. The number of carbonyl (C=O) groups excluding carboxylic acids is 1. The molecule has 0 aliphatic heterocycles. The lowest BCUT2D eigenvalue weighted by Crippen LogP contribution is -2.63. The summed E-state index contributed by atoms with van der Waals surface area (Å²) < 4.78 is 0. The third kappa shape index (κ3) is 2.24. The fourth-order valence-electron chi connectivity index (χ4n) is 4.19. The molecule has 0 bridgehead atoms. The second-order valence-corrected chi connectivity index (χ2v) is 6.76. The van der Waals surface area contributed by atoms with E-state index in [9.17, 15) is 20.1 Å². The molecule has 0 aromatic heterocycles.